The molecule has 0 spiro atoms. The highest BCUT2D eigenvalue weighted by molar-refractivity contribution is 4.72. The number of ether oxygens (including phenoxy) is 4. The van der Waals surface area contributed by atoms with E-state index in [1.807, 2.05) is 0 Å². The topological polar surface area (TPSA) is 36.9 Å². The summed E-state index contributed by atoms with van der Waals surface area (Å²) in [5, 5.41) is 0. The maximum atomic E-state index is 6.16. The van der Waals surface area contributed by atoms with E-state index in [1.54, 1.807) is 0 Å². The van der Waals surface area contributed by atoms with Crippen LogP contribution in [0.5, 0.6) is 0 Å². The predicted octanol–water partition coefficient (Wildman–Crippen LogP) is 3.47. The van der Waals surface area contributed by atoms with Crippen molar-refractivity contribution < 1.29 is 18.9 Å². The lowest BCUT2D eigenvalue weighted by molar-refractivity contribution is -0.159. The van der Waals surface area contributed by atoms with Gasteiger partial charge in [0.1, 0.15) is 12.2 Å². The lowest BCUT2D eigenvalue weighted by Gasteiger charge is -2.32. The van der Waals surface area contributed by atoms with E-state index in [9.17, 15) is 0 Å². The number of hydrogen-bond donors (Lipinski definition) is 0. The van der Waals surface area contributed by atoms with Crippen molar-refractivity contribution in [2.45, 2.75) is 88.6 Å². The van der Waals surface area contributed by atoms with Crippen molar-refractivity contribution in [1.29, 1.82) is 0 Å². The van der Waals surface area contributed by atoms with Gasteiger partial charge in [0, 0.05) is 0 Å². The summed E-state index contributed by atoms with van der Waals surface area (Å²) < 4.78 is 24.0. The molecule has 2 aliphatic carbocycles. The van der Waals surface area contributed by atoms with Gasteiger partial charge in [0.25, 0.3) is 0 Å². The van der Waals surface area contributed by atoms with E-state index in [1.165, 1.54) is 64.2 Å². The Kier molecular flexibility index (Phi) is 6.99. The summed E-state index contributed by atoms with van der Waals surface area (Å²) >= 11 is 0. The van der Waals surface area contributed by atoms with Crippen LogP contribution in [0.3, 0.4) is 0 Å². The molecule has 22 heavy (non-hydrogen) atoms. The van der Waals surface area contributed by atoms with Crippen LogP contribution in [0.4, 0.5) is 0 Å². The fraction of sp³-hybridized carbons (Fsp3) is 1.00. The van der Waals surface area contributed by atoms with Gasteiger partial charge in [-0.05, 0) is 25.7 Å². The normalized spacial score (nSPS) is 33.3. The molecule has 3 fully saturated rings. The first-order valence-electron chi connectivity index (χ1n) is 9.36. The molecule has 0 aromatic rings. The summed E-state index contributed by atoms with van der Waals surface area (Å²) in [5.74, 6) is 0. The summed E-state index contributed by atoms with van der Waals surface area (Å²) in [7, 11) is 0. The molecular weight excluding hydrogens is 280 g/mol. The molecule has 128 valence electrons. The third kappa shape index (κ3) is 5.48. The average molecular weight is 312 g/mol. The van der Waals surface area contributed by atoms with Gasteiger partial charge in [-0.1, -0.05) is 38.5 Å². The van der Waals surface area contributed by atoms with Crippen LogP contribution in [0.25, 0.3) is 0 Å². The van der Waals surface area contributed by atoms with E-state index in [-0.39, 0.29) is 12.2 Å². The van der Waals surface area contributed by atoms with Crippen molar-refractivity contribution in [2.75, 3.05) is 26.4 Å². The summed E-state index contributed by atoms with van der Waals surface area (Å²) in [6, 6.07) is 0. The molecule has 0 unspecified atom stereocenters. The van der Waals surface area contributed by atoms with Crippen LogP contribution in [0.2, 0.25) is 0 Å². The van der Waals surface area contributed by atoms with Crippen LogP contribution in [-0.2, 0) is 18.9 Å². The molecule has 0 atom stereocenters. The maximum absolute atomic E-state index is 6.16. The monoisotopic (exact) mass is 312 g/mol. The van der Waals surface area contributed by atoms with Gasteiger partial charge in [-0.2, -0.15) is 0 Å². The van der Waals surface area contributed by atoms with Gasteiger partial charge in [-0.3, -0.25) is 0 Å². The lowest BCUT2D eigenvalue weighted by atomic mass is 9.97. The first-order chi connectivity index (χ1) is 10.9. The van der Waals surface area contributed by atoms with Gasteiger partial charge in [0.05, 0.1) is 38.6 Å². The predicted molar refractivity (Wildman–Crippen MR) is 85.1 cm³/mol. The Balaban J connectivity index is 1.36. The first kappa shape index (κ1) is 16.7. The molecule has 0 amide bonds. The molecule has 0 radical (unpaired) electrons. The fourth-order valence-electron chi connectivity index (χ4n) is 3.86. The van der Waals surface area contributed by atoms with Crippen molar-refractivity contribution >= 4 is 0 Å². The standard InChI is InChI=1S/C18H32O4/c1-3-7-15(8-4-1)21-17-11-19-13-18(14-20-12-17)22-16-9-5-2-6-10-16/h15-18H,1-14H2. The third-order valence-corrected chi connectivity index (χ3v) is 5.09. The van der Waals surface area contributed by atoms with E-state index in [0.29, 0.717) is 38.6 Å². The van der Waals surface area contributed by atoms with Crippen molar-refractivity contribution in [3.8, 4) is 0 Å². The molecule has 2 saturated carbocycles. The molecular formula is C18H32O4. The second-order valence-electron chi connectivity index (χ2n) is 7.11. The van der Waals surface area contributed by atoms with Crippen LogP contribution < -0.4 is 0 Å². The molecule has 0 aromatic heterocycles. The number of hydrogen-bond acceptors (Lipinski definition) is 4. The molecule has 1 saturated heterocycles. The zero-order valence-corrected chi connectivity index (χ0v) is 13.8. The van der Waals surface area contributed by atoms with Gasteiger partial charge in [-0.15, -0.1) is 0 Å². The molecule has 0 aromatic carbocycles. The highest BCUT2D eigenvalue weighted by Gasteiger charge is 2.25. The molecule has 3 aliphatic rings. The van der Waals surface area contributed by atoms with E-state index in [4.69, 9.17) is 18.9 Å². The minimum atomic E-state index is 0.0960. The molecule has 1 heterocycles. The maximum Gasteiger partial charge on any atom is 0.104 e. The fourth-order valence-corrected chi connectivity index (χ4v) is 3.86. The zero-order chi connectivity index (χ0) is 15.0. The van der Waals surface area contributed by atoms with Gasteiger partial charge in [0.2, 0.25) is 0 Å². The average Bonchev–Trinajstić information content (AvgIpc) is 2.54. The Morgan fingerprint density at radius 1 is 0.455 bits per heavy atom. The quantitative estimate of drug-likeness (QED) is 0.796. The molecule has 1 aliphatic heterocycles. The van der Waals surface area contributed by atoms with Crippen molar-refractivity contribution in [1.82, 2.24) is 0 Å². The lowest BCUT2D eigenvalue weighted by Crippen LogP contribution is -2.39. The summed E-state index contributed by atoms with van der Waals surface area (Å²) in [5.41, 5.74) is 0. The summed E-state index contributed by atoms with van der Waals surface area (Å²) in [4.78, 5) is 0. The third-order valence-electron chi connectivity index (χ3n) is 5.09. The molecule has 4 heteroatoms. The highest BCUT2D eigenvalue weighted by Crippen LogP contribution is 2.23. The molecule has 3 rings (SSSR count). The van der Waals surface area contributed by atoms with Crippen LogP contribution in [0.15, 0.2) is 0 Å². The van der Waals surface area contributed by atoms with E-state index in [2.05, 4.69) is 0 Å². The van der Waals surface area contributed by atoms with Gasteiger partial charge in [-0.25, -0.2) is 0 Å². The van der Waals surface area contributed by atoms with Crippen molar-refractivity contribution in [3.05, 3.63) is 0 Å². The van der Waals surface area contributed by atoms with Crippen molar-refractivity contribution in [3.63, 3.8) is 0 Å². The second-order valence-corrected chi connectivity index (χ2v) is 7.11. The summed E-state index contributed by atoms with van der Waals surface area (Å²) in [6.45, 7) is 2.56. The summed E-state index contributed by atoms with van der Waals surface area (Å²) in [6.07, 6.45) is 13.7. The van der Waals surface area contributed by atoms with E-state index >= 15 is 0 Å². The van der Waals surface area contributed by atoms with Gasteiger partial charge in [0.15, 0.2) is 0 Å². The molecule has 0 N–H and O–H groups in total. The van der Waals surface area contributed by atoms with Crippen LogP contribution >= 0.6 is 0 Å². The minimum absolute atomic E-state index is 0.0960. The molecule has 4 nitrogen and oxygen atoms in total. The van der Waals surface area contributed by atoms with E-state index in [0.717, 1.165) is 0 Å². The number of rotatable bonds is 4. The second kappa shape index (κ2) is 9.21. The smallest absolute Gasteiger partial charge is 0.104 e. The van der Waals surface area contributed by atoms with Gasteiger partial charge >= 0.3 is 0 Å². The minimum Gasteiger partial charge on any atom is -0.376 e. The SMILES string of the molecule is C1CCC(OC2COCC(OC3CCCCC3)COC2)CC1. The zero-order valence-electron chi connectivity index (χ0n) is 13.8. The Morgan fingerprint density at radius 3 is 1.18 bits per heavy atom. The van der Waals surface area contributed by atoms with Gasteiger partial charge < -0.3 is 18.9 Å². The Hall–Kier alpha value is -0.160. The van der Waals surface area contributed by atoms with Crippen LogP contribution in [0.1, 0.15) is 64.2 Å². The molecule has 0 bridgehead atoms. The highest BCUT2D eigenvalue weighted by atomic mass is 16.6. The first-order valence-corrected chi connectivity index (χ1v) is 9.36. The van der Waals surface area contributed by atoms with Crippen LogP contribution in [0, 0.1) is 0 Å². The Bertz CT molecular complexity index is 259. The van der Waals surface area contributed by atoms with Crippen molar-refractivity contribution in [2.24, 2.45) is 0 Å². The Morgan fingerprint density at radius 2 is 0.818 bits per heavy atom. The van der Waals surface area contributed by atoms with E-state index < -0.39 is 0 Å². The Labute approximate surface area is 134 Å². The largest absolute Gasteiger partial charge is 0.376 e. The van der Waals surface area contributed by atoms with Crippen LogP contribution in [-0.4, -0.2) is 50.8 Å².